The molecule has 1 aromatic rings. The van der Waals surface area contributed by atoms with Crippen molar-refractivity contribution < 1.29 is 4.74 Å². The van der Waals surface area contributed by atoms with Crippen molar-refractivity contribution in [3.63, 3.8) is 0 Å². The summed E-state index contributed by atoms with van der Waals surface area (Å²) in [6.07, 6.45) is 7.15. The molecule has 2 atom stereocenters. The van der Waals surface area contributed by atoms with Crippen LogP contribution in [0.5, 0.6) is 0 Å². The highest BCUT2D eigenvalue weighted by molar-refractivity contribution is 5.29. The summed E-state index contributed by atoms with van der Waals surface area (Å²) >= 11 is 0. The molecule has 3 heterocycles. The molecule has 2 aliphatic heterocycles. The van der Waals surface area contributed by atoms with E-state index in [0.29, 0.717) is 18.0 Å². The molecule has 2 unspecified atom stereocenters. The summed E-state index contributed by atoms with van der Waals surface area (Å²) in [6.45, 7) is 6.22. The van der Waals surface area contributed by atoms with Crippen LogP contribution in [0.25, 0.3) is 0 Å². The van der Waals surface area contributed by atoms with Crippen LogP contribution in [0.4, 0.5) is 5.95 Å². The third-order valence-corrected chi connectivity index (χ3v) is 4.50. The molecule has 2 aliphatic rings. The highest BCUT2D eigenvalue weighted by Gasteiger charge is 2.26. The monoisotopic (exact) mass is 276 g/mol. The van der Waals surface area contributed by atoms with Crippen LogP contribution in [0.2, 0.25) is 0 Å². The van der Waals surface area contributed by atoms with Crippen molar-refractivity contribution in [3.8, 4) is 0 Å². The lowest BCUT2D eigenvalue weighted by atomic mass is 9.97. The molecular weight excluding hydrogens is 252 g/mol. The first-order chi connectivity index (χ1) is 9.83. The average Bonchev–Trinajstić information content (AvgIpc) is 3.03. The average molecular weight is 276 g/mol. The Hall–Kier alpha value is -1.20. The van der Waals surface area contributed by atoms with Gasteiger partial charge in [0.1, 0.15) is 0 Å². The van der Waals surface area contributed by atoms with Crippen LogP contribution < -0.4 is 10.2 Å². The largest absolute Gasteiger partial charge is 0.381 e. The van der Waals surface area contributed by atoms with E-state index in [2.05, 4.69) is 27.1 Å². The van der Waals surface area contributed by atoms with Crippen molar-refractivity contribution in [1.82, 2.24) is 15.3 Å². The number of aromatic nitrogens is 2. The number of ether oxygens (including phenoxy) is 1. The minimum atomic E-state index is 0.557. The fraction of sp³-hybridized carbons (Fsp3) is 0.733. The van der Waals surface area contributed by atoms with E-state index in [1.807, 2.05) is 18.5 Å². The zero-order chi connectivity index (χ0) is 13.8. The number of piperidine rings is 1. The zero-order valence-corrected chi connectivity index (χ0v) is 12.2. The molecule has 0 saturated carbocycles. The second-order valence-electron chi connectivity index (χ2n) is 5.89. The predicted octanol–water partition coefficient (Wildman–Crippen LogP) is 1.46. The lowest BCUT2D eigenvalue weighted by Crippen LogP contribution is -2.48. The van der Waals surface area contributed by atoms with E-state index < -0.39 is 0 Å². The van der Waals surface area contributed by atoms with E-state index in [-0.39, 0.29) is 0 Å². The van der Waals surface area contributed by atoms with Crippen molar-refractivity contribution in [1.29, 1.82) is 0 Å². The summed E-state index contributed by atoms with van der Waals surface area (Å²) < 4.78 is 5.48. The van der Waals surface area contributed by atoms with Gasteiger partial charge in [-0.3, -0.25) is 0 Å². The van der Waals surface area contributed by atoms with E-state index in [0.717, 1.165) is 45.1 Å². The fourth-order valence-electron chi connectivity index (χ4n) is 3.16. The molecule has 0 amide bonds. The van der Waals surface area contributed by atoms with Crippen LogP contribution in [0.15, 0.2) is 18.5 Å². The first-order valence-electron chi connectivity index (χ1n) is 7.68. The van der Waals surface area contributed by atoms with Crippen LogP contribution in [0.1, 0.15) is 26.2 Å². The number of anilines is 1. The van der Waals surface area contributed by atoms with Gasteiger partial charge in [0.2, 0.25) is 5.95 Å². The second-order valence-corrected chi connectivity index (χ2v) is 5.89. The number of nitrogens with one attached hydrogen (secondary N) is 1. The first kappa shape index (κ1) is 13.8. The van der Waals surface area contributed by atoms with Gasteiger partial charge in [-0.2, -0.15) is 0 Å². The van der Waals surface area contributed by atoms with Gasteiger partial charge in [-0.25, -0.2) is 9.97 Å². The minimum Gasteiger partial charge on any atom is -0.381 e. The Morgan fingerprint density at radius 2 is 2.00 bits per heavy atom. The SMILES string of the molecule is CC(NC1CCN(c2ncccn2)CC1)C1CCOC1. The standard InChI is InChI=1S/C15H24N4O/c1-12(13-5-10-20-11-13)18-14-3-8-19(9-4-14)15-16-6-2-7-17-15/h2,6-7,12-14,18H,3-5,8-11H2,1H3. The van der Waals surface area contributed by atoms with Gasteiger partial charge in [0.15, 0.2) is 0 Å². The molecule has 5 nitrogen and oxygen atoms in total. The quantitative estimate of drug-likeness (QED) is 0.902. The van der Waals surface area contributed by atoms with Gasteiger partial charge in [0, 0.05) is 44.2 Å². The Kier molecular flexibility index (Phi) is 4.47. The third kappa shape index (κ3) is 3.27. The van der Waals surface area contributed by atoms with Crippen LogP contribution in [-0.2, 0) is 4.74 Å². The molecule has 0 radical (unpaired) electrons. The molecule has 2 fully saturated rings. The van der Waals surface area contributed by atoms with Crippen molar-refractivity contribution >= 4 is 5.95 Å². The van der Waals surface area contributed by atoms with Gasteiger partial charge in [0.25, 0.3) is 0 Å². The van der Waals surface area contributed by atoms with E-state index in [1.54, 1.807) is 0 Å². The molecule has 1 N–H and O–H groups in total. The van der Waals surface area contributed by atoms with Crippen LogP contribution in [0, 0.1) is 5.92 Å². The van der Waals surface area contributed by atoms with Crippen molar-refractivity contribution in [3.05, 3.63) is 18.5 Å². The topological polar surface area (TPSA) is 50.3 Å². The lowest BCUT2D eigenvalue weighted by Gasteiger charge is -2.34. The van der Waals surface area contributed by atoms with Crippen LogP contribution in [-0.4, -0.2) is 48.4 Å². The maximum atomic E-state index is 5.48. The molecule has 1 aromatic heterocycles. The highest BCUT2D eigenvalue weighted by atomic mass is 16.5. The molecule has 20 heavy (non-hydrogen) atoms. The summed E-state index contributed by atoms with van der Waals surface area (Å²) in [6, 6.07) is 3.04. The van der Waals surface area contributed by atoms with Crippen molar-refractivity contribution in [2.75, 3.05) is 31.2 Å². The fourth-order valence-corrected chi connectivity index (χ4v) is 3.16. The van der Waals surface area contributed by atoms with E-state index in [1.165, 1.54) is 6.42 Å². The molecule has 0 bridgehead atoms. The molecule has 0 spiro atoms. The normalized spacial score (nSPS) is 25.9. The summed E-state index contributed by atoms with van der Waals surface area (Å²) in [5.41, 5.74) is 0. The first-order valence-corrected chi connectivity index (χ1v) is 7.68. The van der Waals surface area contributed by atoms with Gasteiger partial charge < -0.3 is 15.0 Å². The summed E-state index contributed by atoms with van der Waals surface area (Å²) in [5.74, 6) is 1.55. The Labute approximate surface area is 120 Å². The second kappa shape index (κ2) is 6.50. The Bertz CT molecular complexity index is 400. The van der Waals surface area contributed by atoms with Gasteiger partial charge >= 0.3 is 0 Å². The third-order valence-electron chi connectivity index (χ3n) is 4.50. The number of hydrogen-bond donors (Lipinski definition) is 1. The summed E-state index contributed by atoms with van der Waals surface area (Å²) in [5, 5.41) is 3.79. The zero-order valence-electron chi connectivity index (χ0n) is 12.2. The number of rotatable bonds is 4. The summed E-state index contributed by atoms with van der Waals surface area (Å²) in [4.78, 5) is 10.9. The smallest absolute Gasteiger partial charge is 0.225 e. The Balaban J connectivity index is 1.46. The minimum absolute atomic E-state index is 0.557. The molecule has 110 valence electrons. The van der Waals surface area contributed by atoms with Crippen LogP contribution in [0.3, 0.4) is 0 Å². The maximum absolute atomic E-state index is 5.48. The van der Waals surface area contributed by atoms with Gasteiger partial charge in [-0.05, 0) is 38.2 Å². The maximum Gasteiger partial charge on any atom is 0.225 e. The van der Waals surface area contributed by atoms with Crippen LogP contribution >= 0.6 is 0 Å². The molecule has 5 heteroatoms. The molecule has 2 saturated heterocycles. The van der Waals surface area contributed by atoms with Gasteiger partial charge in [0.05, 0.1) is 6.61 Å². The Morgan fingerprint density at radius 3 is 2.65 bits per heavy atom. The summed E-state index contributed by atoms with van der Waals surface area (Å²) in [7, 11) is 0. The van der Waals surface area contributed by atoms with E-state index in [9.17, 15) is 0 Å². The number of hydrogen-bond acceptors (Lipinski definition) is 5. The molecular formula is C15H24N4O. The van der Waals surface area contributed by atoms with Gasteiger partial charge in [-0.15, -0.1) is 0 Å². The Morgan fingerprint density at radius 1 is 1.25 bits per heavy atom. The molecule has 0 aliphatic carbocycles. The number of nitrogens with zero attached hydrogens (tertiary/aromatic N) is 3. The van der Waals surface area contributed by atoms with Crippen molar-refractivity contribution in [2.45, 2.75) is 38.3 Å². The van der Waals surface area contributed by atoms with Gasteiger partial charge in [-0.1, -0.05) is 0 Å². The van der Waals surface area contributed by atoms with E-state index >= 15 is 0 Å². The molecule has 0 aromatic carbocycles. The lowest BCUT2D eigenvalue weighted by molar-refractivity contribution is 0.175. The molecule has 3 rings (SSSR count). The predicted molar refractivity (Wildman–Crippen MR) is 78.8 cm³/mol. The highest BCUT2D eigenvalue weighted by Crippen LogP contribution is 2.20. The van der Waals surface area contributed by atoms with Crippen molar-refractivity contribution in [2.24, 2.45) is 5.92 Å². The van der Waals surface area contributed by atoms with E-state index in [4.69, 9.17) is 4.74 Å².